The van der Waals surface area contributed by atoms with Gasteiger partial charge in [-0.2, -0.15) is 9.94 Å². The summed E-state index contributed by atoms with van der Waals surface area (Å²) in [7, 11) is 0. The van der Waals surface area contributed by atoms with E-state index in [1.165, 1.54) is 0 Å². The third kappa shape index (κ3) is 2.16. The monoisotopic (exact) mass is 227 g/mol. The van der Waals surface area contributed by atoms with Crippen molar-refractivity contribution in [2.75, 3.05) is 0 Å². The van der Waals surface area contributed by atoms with Gasteiger partial charge in [0.05, 0.1) is 11.6 Å². The van der Waals surface area contributed by atoms with Gasteiger partial charge in [-0.3, -0.25) is 0 Å². The summed E-state index contributed by atoms with van der Waals surface area (Å²) < 4.78 is 1.71. The lowest BCUT2D eigenvalue weighted by atomic mass is 10.3. The van der Waals surface area contributed by atoms with E-state index in [9.17, 15) is 0 Å². The van der Waals surface area contributed by atoms with Crippen molar-refractivity contribution in [3.05, 3.63) is 35.5 Å². The Kier molecular flexibility index (Phi) is 3.15. The van der Waals surface area contributed by atoms with Crippen molar-refractivity contribution in [3.8, 4) is 11.9 Å². The molecule has 2 aromatic rings. The van der Waals surface area contributed by atoms with Crippen molar-refractivity contribution in [2.24, 2.45) is 0 Å². The van der Waals surface area contributed by atoms with E-state index in [-0.39, 0.29) is 0 Å². The Morgan fingerprint density at radius 2 is 2.18 bits per heavy atom. The first-order valence-corrected chi connectivity index (χ1v) is 5.59. The van der Waals surface area contributed by atoms with E-state index in [4.69, 9.17) is 5.26 Å². The van der Waals surface area contributed by atoms with Crippen LogP contribution in [0.5, 0.6) is 0 Å². The number of nitriles is 1. The molecule has 0 aliphatic heterocycles. The van der Waals surface area contributed by atoms with Gasteiger partial charge < -0.3 is 0 Å². The summed E-state index contributed by atoms with van der Waals surface area (Å²) in [5.41, 5.74) is 0.575. The van der Waals surface area contributed by atoms with Gasteiger partial charge in [0.1, 0.15) is 5.82 Å². The van der Waals surface area contributed by atoms with E-state index in [1.54, 1.807) is 23.0 Å². The van der Waals surface area contributed by atoms with Crippen LogP contribution in [0.25, 0.3) is 5.82 Å². The lowest BCUT2D eigenvalue weighted by Gasteiger charge is -2.02. The molecule has 0 aromatic carbocycles. The van der Waals surface area contributed by atoms with Crippen molar-refractivity contribution in [3.63, 3.8) is 0 Å². The van der Waals surface area contributed by atoms with Gasteiger partial charge in [0.15, 0.2) is 11.6 Å². The largest absolute Gasteiger partial charge is 0.237 e. The second-order valence-corrected chi connectivity index (χ2v) is 3.58. The van der Waals surface area contributed by atoms with Crippen LogP contribution in [0.2, 0.25) is 0 Å². The Morgan fingerprint density at radius 3 is 2.82 bits per heavy atom. The van der Waals surface area contributed by atoms with Gasteiger partial charge >= 0.3 is 0 Å². The molecule has 0 bridgehead atoms. The predicted octanol–water partition coefficient (Wildman–Crippen LogP) is 1.66. The SMILES string of the molecule is CCc1nc(CC)n(-c2cc(C#N)ccn2)n1. The van der Waals surface area contributed by atoms with Crippen molar-refractivity contribution in [1.29, 1.82) is 5.26 Å². The number of hydrogen-bond donors (Lipinski definition) is 0. The third-order valence-corrected chi connectivity index (χ3v) is 2.44. The molecule has 0 radical (unpaired) electrons. The molecule has 0 fully saturated rings. The zero-order chi connectivity index (χ0) is 12.3. The van der Waals surface area contributed by atoms with Crippen LogP contribution in [-0.4, -0.2) is 19.7 Å². The molecule has 0 spiro atoms. The topological polar surface area (TPSA) is 67.4 Å². The second-order valence-electron chi connectivity index (χ2n) is 3.58. The molecule has 5 nitrogen and oxygen atoms in total. The smallest absolute Gasteiger partial charge is 0.156 e. The van der Waals surface area contributed by atoms with Gasteiger partial charge in [-0.1, -0.05) is 13.8 Å². The fourth-order valence-corrected chi connectivity index (χ4v) is 1.56. The molecule has 5 heteroatoms. The minimum absolute atomic E-state index is 0.575. The summed E-state index contributed by atoms with van der Waals surface area (Å²) in [6.45, 7) is 4.03. The van der Waals surface area contributed by atoms with Gasteiger partial charge in [0.2, 0.25) is 0 Å². The summed E-state index contributed by atoms with van der Waals surface area (Å²) >= 11 is 0. The van der Waals surface area contributed by atoms with E-state index in [0.717, 1.165) is 24.5 Å². The summed E-state index contributed by atoms with van der Waals surface area (Å²) in [6, 6.07) is 5.48. The number of aryl methyl sites for hydroxylation is 2. The van der Waals surface area contributed by atoms with Crippen LogP contribution < -0.4 is 0 Å². The average Bonchev–Trinajstić information content (AvgIpc) is 2.82. The van der Waals surface area contributed by atoms with Crippen LogP contribution in [0, 0.1) is 11.3 Å². The number of pyridine rings is 1. The maximum atomic E-state index is 8.86. The van der Waals surface area contributed by atoms with Crippen LogP contribution in [0.4, 0.5) is 0 Å². The molecule has 0 aliphatic carbocycles. The molecule has 2 heterocycles. The van der Waals surface area contributed by atoms with Crippen LogP contribution in [0.15, 0.2) is 18.3 Å². The molecule has 0 N–H and O–H groups in total. The van der Waals surface area contributed by atoms with Crippen LogP contribution >= 0.6 is 0 Å². The van der Waals surface area contributed by atoms with Crippen molar-refractivity contribution < 1.29 is 0 Å². The zero-order valence-corrected chi connectivity index (χ0v) is 9.88. The molecular formula is C12H13N5. The zero-order valence-electron chi connectivity index (χ0n) is 9.88. The molecule has 17 heavy (non-hydrogen) atoms. The highest BCUT2D eigenvalue weighted by Crippen LogP contribution is 2.10. The lowest BCUT2D eigenvalue weighted by molar-refractivity contribution is 0.769. The van der Waals surface area contributed by atoms with E-state index < -0.39 is 0 Å². The molecule has 2 aromatic heterocycles. The first-order valence-electron chi connectivity index (χ1n) is 5.59. The maximum absolute atomic E-state index is 8.86. The normalized spacial score (nSPS) is 10.2. The van der Waals surface area contributed by atoms with E-state index >= 15 is 0 Å². The highest BCUT2D eigenvalue weighted by Gasteiger charge is 2.10. The molecule has 0 aliphatic rings. The van der Waals surface area contributed by atoms with E-state index in [2.05, 4.69) is 21.1 Å². The van der Waals surface area contributed by atoms with Gasteiger partial charge in [0, 0.05) is 25.1 Å². The average molecular weight is 227 g/mol. The van der Waals surface area contributed by atoms with Crippen molar-refractivity contribution >= 4 is 0 Å². The Balaban J connectivity index is 2.51. The third-order valence-electron chi connectivity index (χ3n) is 2.44. The van der Waals surface area contributed by atoms with Gasteiger partial charge in [0.25, 0.3) is 0 Å². The van der Waals surface area contributed by atoms with Crippen molar-refractivity contribution in [1.82, 2.24) is 19.7 Å². The number of aromatic nitrogens is 4. The molecule has 2 rings (SSSR count). The summed E-state index contributed by atoms with van der Waals surface area (Å²) in [5.74, 6) is 2.31. The Hall–Kier alpha value is -2.22. The minimum atomic E-state index is 0.575. The Morgan fingerprint density at radius 1 is 1.35 bits per heavy atom. The summed E-state index contributed by atoms with van der Waals surface area (Å²) in [4.78, 5) is 8.63. The molecule has 0 amide bonds. The molecule has 0 unspecified atom stereocenters. The first-order chi connectivity index (χ1) is 8.28. The minimum Gasteiger partial charge on any atom is -0.237 e. The standard InChI is InChI=1S/C12H13N5/c1-3-10-15-11(4-2)17(16-10)12-7-9(8-13)5-6-14-12/h5-7H,3-4H2,1-2H3. The van der Waals surface area contributed by atoms with Gasteiger partial charge in [-0.05, 0) is 6.07 Å². The number of nitrogens with zero attached hydrogens (tertiary/aromatic N) is 5. The number of hydrogen-bond acceptors (Lipinski definition) is 4. The lowest BCUT2D eigenvalue weighted by Crippen LogP contribution is -2.04. The van der Waals surface area contributed by atoms with Crippen LogP contribution in [0.1, 0.15) is 31.1 Å². The van der Waals surface area contributed by atoms with E-state index in [1.807, 2.05) is 13.8 Å². The molecule has 0 saturated carbocycles. The van der Waals surface area contributed by atoms with Crippen LogP contribution in [0.3, 0.4) is 0 Å². The number of rotatable bonds is 3. The fraction of sp³-hybridized carbons (Fsp3) is 0.333. The highest BCUT2D eigenvalue weighted by molar-refractivity contribution is 5.35. The van der Waals surface area contributed by atoms with Gasteiger partial charge in [-0.25, -0.2) is 9.97 Å². The molecule has 86 valence electrons. The second kappa shape index (κ2) is 4.74. The van der Waals surface area contributed by atoms with E-state index in [0.29, 0.717) is 11.4 Å². The highest BCUT2D eigenvalue weighted by atomic mass is 15.4. The Bertz CT molecular complexity index is 565. The fourth-order valence-electron chi connectivity index (χ4n) is 1.56. The molecule has 0 saturated heterocycles. The van der Waals surface area contributed by atoms with Gasteiger partial charge in [-0.15, -0.1) is 5.10 Å². The Labute approximate surface area is 99.8 Å². The predicted molar refractivity (Wildman–Crippen MR) is 62.6 cm³/mol. The summed E-state index contributed by atoms with van der Waals surface area (Å²) in [6.07, 6.45) is 3.18. The quantitative estimate of drug-likeness (QED) is 0.799. The maximum Gasteiger partial charge on any atom is 0.156 e. The van der Waals surface area contributed by atoms with Crippen molar-refractivity contribution in [2.45, 2.75) is 26.7 Å². The first kappa shape index (κ1) is 11.3. The molecular weight excluding hydrogens is 214 g/mol. The van der Waals surface area contributed by atoms with Crippen LogP contribution in [-0.2, 0) is 12.8 Å². The summed E-state index contributed by atoms with van der Waals surface area (Å²) in [5, 5.41) is 13.2. The molecule has 0 atom stereocenters.